The number of methoxy groups -OCH3 is 5. The molecule has 10 rings (SSSR count). The van der Waals surface area contributed by atoms with Crippen LogP contribution in [0.1, 0.15) is 81.3 Å². The highest BCUT2D eigenvalue weighted by Crippen LogP contribution is 2.34. The number of rotatable bonds is 19. The van der Waals surface area contributed by atoms with Crippen LogP contribution in [-0.4, -0.2) is 174 Å². The van der Waals surface area contributed by atoms with E-state index in [9.17, 15) is 102 Å². The summed E-state index contributed by atoms with van der Waals surface area (Å²) in [6, 6.07) is 22.1. The zero-order valence-corrected chi connectivity index (χ0v) is 81.7. The molecule has 2 aliphatic rings. The maximum absolute atomic E-state index is 14.5. The van der Waals surface area contributed by atoms with Gasteiger partial charge in [-0.1, -0.05) is 0 Å². The molecular weight excluding hydrogens is 2130 g/mol. The molecule has 0 aromatic heterocycles. The van der Waals surface area contributed by atoms with Gasteiger partial charge in [0.2, 0.25) is 9.23 Å². The molecule has 0 radical (unpaired) electrons. The van der Waals surface area contributed by atoms with E-state index in [-0.39, 0.29) is 114 Å². The van der Waals surface area contributed by atoms with Gasteiger partial charge in [-0.05, 0) is 182 Å². The van der Waals surface area contributed by atoms with E-state index in [1.54, 1.807) is 26.0 Å². The zero-order valence-electron chi connectivity index (χ0n) is 67.1. The minimum atomic E-state index is -4.39. The molecule has 0 aliphatic carbocycles. The number of aromatic carboxylic acids is 2. The Morgan fingerprint density at radius 2 is 0.762 bits per heavy atom. The molecule has 0 bridgehead atoms. The average Bonchev–Trinajstić information content (AvgIpc) is 1.02. The number of carboxylic acid groups (broad SMARTS) is 2. The molecular formula is C72H74Cl10F8N4O28S8. The summed E-state index contributed by atoms with van der Waals surface area (Å²) in [7, 11) is 11.4. The van der Waals surface area contributed by atoms with Crippen LogP contribution >= 0.6 is 138 Å². The van der Waals surface area contributed by atoms with Gasteiger partial charge in [0.25, 0.3) is 44.2 Å². The average molecular weight is 2210 g/mol. The first kappa shape index (κ1) is 126. The molecule has 130 heavy (non-hydrogen) atoms. The van der Waals surface area contributed by atoms with Gasteiger partial charge >= 0.3 is 31.8 Å². The van der Waals surface area contributed by atoms with Gasteiger partial charge in [0.05, 0.1) is 71.2 Å². The highest BCUT2D eigenvalue weighted by molar-refractivity contribution is 8.26. The molecule has 58 heteroatoms. The van der Waals surface area contributed by atoms with E-state index in [1.807, 2.05) is 0 Å². The summed E-state index contributed by atoms with van der Waals surface area (Å²) in [6.07, 6.45) is 1.62. The molecule has 8 aromatic carbocycles. The van der Waals surface area contributed by atoms with Gasteiger partial charge in [-0.15, -0.1) is 12.4 Å². The summed E-state index contributed by atoms with van der Waals surface area (Å²) in [5, 5.41) is 19.1. The molecule has 2 saturated heterocycles. The van der Waals surface area contributed by atoms with Crippen molar-refractivity contribution in [2.75, 3.05) is 84.1 Å². The number of anilines is 3. The minimum Gasteiger partial charge on any atom is -0.496 e. The number of ether oxygens (including phenoxy) is 7. The molecule has 0 spiro atoms. The fourth-order valence-electron chi connectivity index (χ4n) is 9.31. The van der Waals surface area contributed by atoms with Crippen LogP contribution in [0.3, 0.4) is 0 Å². The normalized spacial score (nSPS) is 12.7. The van der Waals surface area contributed by atoms with Gasteiger partial charge in [-0.25, -0.2) is 82.6 Å². The number of benzene rings is 8. The van der Waals surface area contributed by atoms with Crippen molar-refractivity contribution in [2.45, 2.75) is 59.2 Å². The number of hydrogen-bond acceptors (Lipinski definition) is 27. The third kappa shape index (κ3) is 45.8. The monoisotopic (exact) mass is 2200 g/mol. The number of carboxylic acids is 2. The van der Waals surface area contributed by atoms with E-state index in [1.165, 1.54) is 77.8 Å². The van der Waals surface area contributed by atoms with Crippen LogP contribution in [0.15, 0.2) is 141 Å². The molecule has 9 N–H and O–H groups in total. The molecule has 2 fully saturated rings. The first-order valence-electron chi connectivity index (χ1n) is 33.5. The van der Waals surface area contributed by atoms with Crippen LogP contribution in [0.4, 0.5) is 52.2 Å². The van der Waals surface area contributed by atoms with E-state index in [0.717, 1.165) is 81.3 Å². The lowest BCUT2D eigenvalue weighted by atomic mass is 10.1. The van der Waals surface area contributed by atoms with Gasteiger partial charge in [0, 0.05) is 131 Å². The third-order valence-electron chi connectivity index (χ3n) is 15.1. The Labute approximate surface area is 802 Å². The molecule has 724 valence electrons. The van der Waals surface area contributed by atoms with Crippen molar-refractivity contribution in [2.24, 2.45) is 11.7 Å². The van der Waals surface area contributed by atoms with Crippen molar-refractivity contribution in [3.63, 3.8) is 0 Å². The number of carbonyl (C=O) groups excluding carboxylic acids is 5. The number of nitrogen functional groups attached to an aromatic ring is 1. The maximum Gasteiger partial charge on any atom is 0.353 e. The fourth-order valence-corrected chi connectivity index (χ4v) is 13.9. The maximum atomic E-state index is 14.5. The van der Waals surface area contributed by atoms with E-state index in [4.69, 9.17) is 101 Å². The smallest absolute Gasteiger partial charge is 0.353 e. The van der Waals surface area contributed by atoms with Crippen molar-refractivity contribution in [3.05, 3.63) is 212 Å². The van der Waals surface area contributed by atoms with Crippen LogP contribution in [0, 0.1) is 73.2 Å². The number of halogens is 18. The standard InChI is InChI=1S/C20H21F2NO5S.C15H12ClF2NO4S.C8H5Cl2FO4S.C8H6ClFO5S.C8H7FO3.C7H8FN.C4H9NO.C2Cl2O2.Cl2OS.ClHO3S.ClH.2H2S/c1-12-7-14(3-4-16(12)21)23-20(24)15-8-19(17(22)9-18(15)27-2)29(25,26)11-13-5-6-28-10-13;1-8-5-9(3-4-11(8)17)19-15(20)10-6-14(24(16,21)22)12(18)7-13(10)23-2;1-15-6-3-5(11)7(16(10,13)14)2-4(6)8(9)12;1-15-6-3-5(10)7(16(9,13)14)2-4(6)8(11)12;1-12-7-4-5(9)2-3-6(7)8(10)11;1-5-4-6(9)2-3-7(5)8;5-4-1-2-6-3-4;3-1(5)2(4)6;1-4(2)3;1-5(2,3)4;;;/h3-4,7-9,13H,5-6,10-11H2,1-2H3,(H,23,24);3-7H,1-2H3,(H,19,20);2-3H,1H3;2-3H,1H3,(H,11,12);2-4H,1H3,(H,10,11);2-4H,9H2,1H3;4H,1-3,5H2;;;(H,2,3,4);1H;2*1H2/t13-;;;;;;4-;;;;;;/m0.....0....../s1. The fraction of sp³-hybridized carbons (Fsp3) is 0.236. The van der Waals surface area contributed by atoms with E-state index < -0.39 is 161 Å². The van der Waals surface area contributed by atoms with Crippen LogP contribution < -0.4 is 45.8 Å². The van der Waals surface area contributed by atoms with Crippen LogP contribution in [-0.2, 0) is 74.6 Å². The summed E-state index contributed by atoms with van der Waals surface area (Å²) in [4.78, 5) is 72.9. The lowest BCUT2D eigenvalue weighted by Crippen LogP contribution is -2.19. The van der Waals surface area contributed by atoms with Gasteiger partial charge in [0.1, 0.15) is 106 Å². The molecule has 0 saturated carbocycles. The number of hydrogen-bond donors (Lipinski definition) is 7. The SMILES string of the molecule is COc1cc(F)c(S(=O)(=O)C[C@H]2CCOC2)cc1C(=O)Nc1ccc(F)c(C)c1.COc1cc(F)c(S(=O)(=O)Cl)cc1C(=O)Cl.COc1cc(F)c(S(=O)(=O)Cl)cc1C(=O)Nc1ccc(F)c(C)c1.COc1cc(F)c(S(=O)(=O)Cl)cc1C(=O)O.COc1cc(F)ccc1C(=O)O.Cc1cc(N)ccc1F.Cl.N[C@H]1CCOC1.O=C(Cl)C(=O)Cl.O=S(=O)(O)Cl.O=S(Cl)Cl.S.S. The molecule has 2 atom stereocenters. The molecule has 2 amide bonds. The number of nitrogens with two attached hydrogens (primary N) is 2. The van der Waals surface area contributed by atoms with E-state index in [2.05, 4.69) is 80.1 Å². The van der Waals surface area contributed by atoms with Crippen molar-refractivity contribution >= 4 is 250 Å². The number of amides is 2. The molecule has 2 aliphatic heterocycles. The number of aryl methyl sites for hydroxylation is 3. The Hall–Kier alpha value is -7.77. The molecule has 0 unspecified atom stereocenters. The number of carbonyl (C=O) groups is 7. The topological polar surface area (TPSA) is 509 Å². The highest BCUT2D eigenvalue weighted by atomic mass is 36.0. The Bertz CT molecular complexity index is 5810. The Morgan fingerprint density at radius 3 is 1.05 bits per heavy atom. The van der Waals surface area contributed by atoms with Crippen molar-refractivity contribution in [1.29, 1.82) is 0 Å². The van der Waals surface area contributed by atoms with Crippen molar-refractivity contribution in [3.8, 4) is 28.7 Å². The number of sulfone groups is 1. The van der Waals surface area contributed by atoms with Crippen molar-refractivity contribution < 1.29 is 163 Å². The summed E-state index contributed by atoms with van der Waals surface area (Å²) in [6.45, 7) is 7.14. The summed E-state index contributed by atoms with van der Waals surface area (Å²) in [5.74, 6) is -11.2. The van der Waals surface area contributed by atoms with Crippen LogP contribution in [0.25, 0.3) is 0 Å². The molecule has 2 heterocycles. The lowest BCUT2D eigenvalue weighted by molar-refractivity contribution is -0.127. The quantitative estimate of drug-likeness (QED) is 0.0130. The second-order valence-corrected chi connectivity index (χ2v) is 39.3. The summed E-state index contributed by atoms with van der Waals surface area (Å²) < 4.78 is 267. The zero-order chi connectivity index (χ0) is 97.9. The lowest BCUT2D eigenvalue weighted by Gasteiger charge is -2.14. The largest absolute Gasteiger partial charge is 0.496 e. The van der Waals surface area contributed by atoms with Gasteiger partial charge in [-0.3, -0.25) is 28.5 Å². The van der Waals surface area contributed by atoms with E-state index in [0.29, 0.717) is 65.9 Å². The second kappa shape index (κ2) is 59.1. The predicted molar refractivity (Wildman–Crippen MR) is 483 cm³/mol. The van der Waals surface area contributed by atoms with Crippen molar-refractivity contribution in [1.82, 2.24) is 0 Å². The van der Waals surface area contributed by atoms with Crippen LogP contribution in [0.2, 0.25) is 0 Å². The van der Waals surface area contributed by atoms with Gasteiger partial charge < -0.3 is 65.5 Å². The second-order valence-electron chi connectivity index (χ2n) is 24.1. The summed E-state index contributed by atoms with van der Waals surface area (Å²) >= 11 is 14.2. The predicted octanol–water partition coefficient (Wildman–Crippen LogP) is 15.6. The van der Waals surface area contributed by atoms with Crippen LogP contribution in [0.5, 0.6) is 28.7 Å². The summed E-state index contributed by atoms with van der Waals surface area (Å²) in [5.41, 5.74) is 12.0. The number of nitrogens with one attached hydrogen (secondary N) is 2. The Kier molecular flexibility index (Phi) is 57.4. The molecule has 8 aromatic rings. The first-order chi connectivity index (χ1) is 58.5. The van der Waals surface area contributed by atoms with Gasteiger partial charge in [0.15, 0.2) is 9.84 Å². The Morgan fingerprint density at radius 1 is 0.454 bits per heavy atom. The first-order valence-corrected chi connectivity index (χ1v) is 48.2. The third-order valence-corrected chi connectivity index (χ3v) is 21.6. The Balaban J connectivity index is -0.00000145. The minimum absolute atomic E-state index is 0. The van der Waals surface area contributed by atoms with E-state index >= 15 is 0 Å². The van der Waals surface area contributed by atoms with Gasteiger partial charge in [-0.2, -0.15) is 35.4 Å². The molecule has 32 nitrogen and oxygen atoms in total. The highest BCUT2D eigenvalue weighted by Gasteiger charge is 2.31.